The lowest BCUT2D eigenvalue weighted by Gasteiger charge is -2.34. The summed E-state index contributed by atoms with van der Waals surface area (Å²) in [4.78, 5) is 30.4. The highest BCUT2D eigenvalue weighted by molar-refractivity contribution is 6.45. The summed E-state index contributed by atoms with van der Waals surface area (Å²) < 4.78 is 10.8. The number of methoxy groups -OCH3 is 1. The first kappa shape index (κ1) is 21.9. The summed E-state index contributed by atoms with van der Waals surface area (Å²) in [6, 6.07) is 14.2. The van der Waals surface area contributed by atoms with Gasteiger partial charge in [0.2, 0.25) is 0 Å². The molecule has 2 heterocycles. The highest BCUT2D eigenvalue weighted by Crippen LogP contribution is 2.37. The first-order valence-corrected chi connectivity index (χ1v) is 10.9. The van der Waals surface area contributed by atoms with Crippen molar-refractivity contribution in [2.24, 2.45) is 5.92 Å². The maximum atomic E-state index is 13.6. The molecule has 168 valence electrons. The van der Waals surface area contributed by atoms with E-state index in [4.69, 9.17) is 9.47 Å². The molecule has 1 N–H and O–H groups in total. The van der Waals surface area contributed by atoms with E-state index in [0.717, 1.165) is 12.8 Å². The van der Waals surface area contributed by atoms with Gasteiger partial charge in [-0.1, -0.05) is 18.2 Å². The van der Waals surface area contributed by atoms with E-state index in [1.807, 2.05) is 36.1 Å². The molecule has 4 rings (SSSR count). The number of imide groups is 1. The fraction of sp³-hybridized carbons (Fsp3) is 0.360. The van der Waals surface area contributed by atoms with Crippen molar-refractivity contribution in [2.75, 3.05) is 38.3 Å². The fourth-order valence-electron chi connectivity index (χ4n) is 4.36. The summed E-state index contributed by atoms with van der Waals surface area (Å²) in [5.74, 6) is 0.626. The molecule has 7 heteroatoms. The van der Waals surface area contributed by atoms with Gasteiger partial charge in [0, 0.05) is 25.8 Å². The first-order valence-electron chi connectivity index (χ1n) is 10.9. The second-order valence-electron chi connectivity index (χ2n) is 7.97. The van der Waals surface area contributed by atoms with Gasteiger partial charge in [-0.25, -0.2) is 4.90 Å². The second kappa shape index (κ2) is 9.44. The Morgan fingerprint density at radius 1 is 1.06 bits per heavy atom. The highest BCUT2D eigenvalue weighted by Gasteiger charge is 2.43. The molecule has 2 aliphatic rings. The van der Waals surface area contributed by atoms with Crippen molar-refractivity contribution in [3.63, 3.8) is 0 Å². The third kappa shape index (κ3) is 4.08. The number of piperidine rings is 1. The van der Waals surface area contributed by atoms with Crippen LogP contribution in [0.4, 0.5) is 5.69 Å². The molecule has 2 aliphatic heterocycles. The molecule has 1 fully saturated rings. The van der Waals surface area contributed by atoms with Gasteiger partial charge in [0.25, 0.3) is 11.8 Å². The molecule has 32 heavy (non-hydrogen) atoms. The number of hydrogen-bond donors (Lipinski definition) is 1. The van der Waals surface area contributed by atoms with Crippen LogP contribution in [-0.2, 0) is 9.59 Å². The zero-order chi connectivity index (χ0) is 22.7. The molecule has 0 spiro atoms. The number of hydrogen-bond acceptors (Lipinski definition) is 6. The number of amides is 2. The summed E-state index contributed by atoms with van der Waals surface area (Å²) in [5, 5.41) is 9.69. The SMILES string of the molecule is CCOc1ccc(C2=C(N3CCCC(CO)C3)C(=O)N(c3cccc(OC)c3)C2=O)cc1. The standard InChI is InChI=1S/C25H28N2O5/c1-3-32-20-11-9-18(10-12-20)22-23(26-13-5-6-17(15-26)16-28)25(30)27(24(22)29)19-7-4-8-21(14-19)31-2/h4,7-12,14,17,28H,3,5-6,13,15-16H2,1-2H3. The molecule has 0 bridgehead atoms. The van der Waals surface area contributed by atoms with Crippen LogP contribution < -0.4 is 14.4 Å². The van der Waals surface area contributed by atoms with Gasteiger partial charge in [-0.2, -0.15) is 0 Å². The Morgan fingerprint density at radius 2 is 1.84 bits per heavy atom. The van der Waals surface area contributed by atoms with E-state index in [-0.39, 0.29) is 24.3 Å². The largest absolute Gasteiger partial charge is 0.497 e. The Hall–Kier alpha value is -3.32. The number of carbonyl (C=O) groups excluding carboxylic acids is 2. The number of nitrogens with zero attached hydrogens (tertiary/aromatic N) is 2. The van der Waals surface area contributed by atoms with Crippen LogP contribution in [0.25, 0.3) is 5.57 Å². The van der Waals surface area contributed by atoms with Crippen LogP contribution in [0.3, 0.4) is 0 Å². The van der Waals surface area contributed by atoms with Crippen molar-refractivity contribution in [1.29, 1.82) is 0 Å². The van der Waals surface area contributed by atoms with E-state index >= 15 is 0 Å². The van der Waals surface area contributed by atoms with E-state index in [1.54, 1.807) is 31.4 Å². The number of aliphatic hydroxyl groups is 1. The molecule has 0 aromatic heterocycles. The summed E-state index contributed by atoms with van der Waals surface area (Å²) in [5.41, 5.74) is 1.89. The minimum Gasteiger partial charge on any atom is -0.497 e. The van der Waals surface area contributed by atoms with Crippen molar-refractivity contribution in [3.8, 4) is 11.5 Å². The van der Waals surface area contributed by atoms with Crippen LogP contribution in [0.15, 0.2) is 54.2 Å². The smallest absolute Gasteiger partial charge is 0.282 e. The van der Waals surface area contributed by atoms with Gasteiger partial charge in [0.05, 0.1) is 25.0 Å². The summed E-state index contributed by atoms with van der Waals surface area (Å²) >= 11 is 0. The van der Waals surface area contributed by atoms with Crippen molar-refractivity contribution in [1.82, 2.24) is 4.90 Å². The van der Waals surface area contributed by atoms with Gasteiger partial charge in [0.1, 0.15) is 17.2 Å². The summed E-state index contributed by atoms with van der Waals surface area (Å²) in [7, 11) is 1.55. The van der Waals surface area contributed by atoms with Crippen molar-refractivity contribution in [2.45, 2.75) is 19.8 Å². The predicted molar refractivity (Wildman–Crippen MR) is 121 cm³/mol. The summed E-state index contributed by atoms with van der Waals surface area (Å²) in [6.45, 7) is 3.72. The third-order valence-electron chi connectivity index (χ3n) is 5.92. The van der Waals surface area contributed by atoms with Crippen molar-refractivity contribution in [3.05, 3.63) is 59.8 Å². The molecule has 1 atom stereocenters. The lowest BCUT2D eigenvalue weighted by Crippen LogP contribution is -2.40. The third-order valence-corrected chi connectivity index (χ3v) is 5.92. The molecule has 1 unspecified atom stereocenters. The van der Waals surface area contributed by atoms with E-state index < -0.39 is 0 Å². The van der Waals surface area contributed by atoms with Crippen LogP contribution in [0.2, 0.25) is 0 Å². The van der Waals surface area contributed by atoms with Gasteiger partial charge in [-0.05, 0) is 55.5 Å². The van der Waals surface area contributed by atoms with Crippen LogP contribution >= 0.6 is 0 Å². The average molecular weight is 437 g/mol. The van der Waals surface area contributed by atoms with E-state index in [1.165, 1.54) is 4.90 Å². The normalized spacial score (nSPS) is 19.0. The predicted octanol–water partition coefficient (Wildman–Crippen LogP) is 3.08. The Kier molecular flexibility index (Phi) is 6.46. The Bertz CT molecular complexity index is 1030. The van der Waals surface area contributed by atoms with E-state index in [0.29, 0.717) is 53.7 Å². The number of aliphatic hydroxyl groups excluding tert-OH is 1. The highest BCUT2D eigenvalue weighted by atomic mass is 16.5. The molecular weight excluding hydrogens is 408 g/mol. The Balaban J connectivity index is 1.78. The van der Waals surface area contributed by atoms with Crippen molar-refractivity contribution >= 4 is 23.1 Å². The van der Waals surface area contributed by atoms with E-state index in [2.05, 4.69) is 0 Å². The topological polar surface area (TPSA) is 79.3 Å². The van der Waals surface area contributed by atoms with Gasteiger partial charge >= 0.3 is 0 Å². The van der Waals surface area contributed by atoms with Gasteiger partial charge in [0.15, 0.2) is 0 Å². The van der Waals surface area contributed by atoms with Crippen molar-refractivity contribution < 1.29 is 24.2 Å². The molecule has 7 nitrogen and oxygen atoms in total. The first-order chi connectivity index (χ1) is 15.6. The fourth-order valence-corrected chi connectivity index (χ4v) is 4.36. The monoisotopic (exact) mass is 436 g/mol. The molecule has 2 aromatic carbocycles. The zero-order valence-corrected chi connectivity index (χ0v) is 18.4. The number of ether oxygens (including phenoxy) is 2. The second-order valence-corrected chi connectivity index (χ2v) is 7.97. The Labute approximate surface area is 187 Å². The van der Waals surface area contributed by atoms with E-state index in [9.17, 15) is 14.7 Å². The quantitative estimate of drug-likeness (QED) is 0.672. The lowest BCUT2D eigenvalue weighted by atomic mass is 9.97. The maximum Gasteiger partial charge on any atom is 0.282 e. The van der Waals surface area contributed by atoms with Crippen LogP contribution in [0.1, 0.15) is 25.3 Å². The number of benzene rings is 2. The van der Waals surface area contributed by atoms with Gasteiger partial charge in [-0.15, -0.1) is 0 Å². The molecule has 1 saturated heterocycles. The molecule has 0 saturated carbocycles. The molecule has 2 amide bonds. The summed E-state index contributed by atoms with van der Waals surface area (Å²) in [6.07, 6.45) is 1.76. The van der Waals surface area contributed by atoms with Crippen LogP contribution in [-0.4, -0.2) is 55.2 Å². The zero-order valence-electron chi connectivity index (χ0n) is 18.4. The minimum atomic E-state index is -0.367. The molecule has 2 aromatic rings. The van der Waals surface area contributed by atoms with Crippen LogP contribution in [0.5, 0.6) is 11.5 Å². The Morgan fingerprint density at radius 3 is 2.53 bits per heavy atom. The molecule has 0 aliphatic carbocycles. The number of carbonyl (C=O) groups is 2. The van der Waals surface area contributed by atoms with Gasteiger partial charge in [-0.3, -0.25) is 9.59 Å². The number of anilines is 1. The van der Waals surface area contributed by atoms with Crippen LogP contribution in [0, 0.1) is 5.92 Å². The lowest BCUT2D eigenvalue weighted by molar-refractivity contribution is -0.120. The number of rotatable bonds is 7. The molecular formula is C25H28N2O5. The van der Waals surface area contributed by atoms with Gasteiger partial charge < -0.3 is 19.5 Å². The minimum absolute atomic E-state index is 0.0594. The number of likely N-dealkylation sites (tertiary alicyclic amines) is 1. The molecule has 0 radical (unpaired) electrons. The average Bonchev–Trinajstić information content (AvgIpc) is 3.09. The maximum absolute atomic E-state index is 13.6.